The highest BCUT2D eigenvalue weighted by Gasteiger charge is 2.11. The lowest BCUT2D eigenvalue weighted by molar-refractivity contribution is 0.585. The largest absolute Gasteiger partial charge is 0.357 e. The first-order valence-electron chi connectivity index (χ1n) is 7.38. The maximum absolute atomic E-state index is 4.74. The molecule has 1 aromatic heterocycles. The van der Waals surface area contributed by atoms with Crippen molar-refractivity contribution in [2.45, 2.75) is 66.1 Å². The third-order valence-electron chi connectivity index (χ3n) is 3.61. The van der Waals surface area contributed by atoms with Gasteiger partial charge in [0.2, 0.25) is 0 Å². The molecule has 0 radical (unpaired) electrons. The van der Waals surface area contributed by atoms with Crippen molar-refractivity contribution in [1.29, 1.82) is 0 Å². The molecule has 0 aliphatic heterocycles. The first kappa shape index (κ1) is 16.0. The molecule has 3 nitrogen and oxygen atoms in total. The van der Waals surface area contributed by atoms with Crippen LogP contribution in [0.4, 0.5) is 5.82 Å². The zero-order chi connectivity index (χ0) is 14.4. The number of nitrogens with one attached hydrogen (secondary N) is 1. The van der Waals surface area contributed by atoms with Crippen molar-refractivity contribution in [2.75, 3.05) is 11.9 Å². The van der Waals surface area contributed by atoms with E-state index in [4.69, 9.17) is 4.98 Å². The van der Waals surface area contributed by atoms with Gasteiger partial charge in [0.15, 0.2) is 0 Å². The Bertz CT molecular complexity index is 388. The van der Waals surface area contributed by atoms with Crippen molar-refractivity contribution >= 4 is 5.82 Å². The number of pyridine rings is 1. The Kier molecular flexibility index (Phi) is 6.29. The first-order chi connectivity index (χ1) is 8.95. The summed E-state index contributed by atoms with van der Waals surface area (Å²) in [6.07, 6.45) is 2.41. The average Bonchev–Trinajstić information content (AvgIpc) is 2.36. The Hall–Kier alpha value is -1.09. The SMILES string of the molecule is CCCC(C)N(C)c1ccc(CNC(C)C)c(C)n1. The van der Waals surface area contributed by atoms with Crippen LogP contribution < -0.4 is 10.2 Å². The number of hydrogen-bond donors (Lipinski definition) is 1. The van der Waals surface area contributed by atoms with Crippen LogP contribution in [0.15, 0.2) is 12.1 Å². The van der Waals surface area contributed by atoms with Gasteiger partial charge >= 0.3 is 0 Å². The van der Waals surface area contributed by atoms with Crippen LogP contribution in [0.25, 0.3) is 0 Å². The van der Waals surface area contributed by atoms with E-state index >= 15 is 0 Å². The Balaban J connectivity index is 2.75. The van der Waals surface area contributed by atoms with Gasteiger partial charge < -0.3 is 10.2 Å². The molecule has 0 saturated carbocycles. The highest BCUT2D eigenvalue weighted by molar-refractivity contribution is 5.41. The summed E-state index contributed by atoms with van der Waals surface area (Å²) in [5.74, 6) is 1.08. The minimum atomic E-state index is 0.506. The molecule has 3 heteroatoms. The number of nitrogens with zero attached hydrogens (tertiary/aromatic N) is 2. The second kappa shape index (κ2) is 7.49. The lowest BCUT2D eigenvalue weighted by Gasteiger charge is -2.26. The van der Waals surface area contributed by atoms with Gasteiger partial charge in [-0.05, 0) is 31.9 Å². The van der Waals surface area contributed by atoms with E-state index in [1.807, 2.05) is 0 Å². The van der Waals surface area contributed by atoms with E-state index < -0.39 is 0 Å². The van der Waals surface area contributed by atoms with E-state index in [0.717, 1.165) is 18.1 Å². The van der Waals surface area contributed by atoms with E-state index in [2.05, 4.69) is 64.0 Å². The molecule has 108 valence electrons. The summed E-state index contributed by atoms with van der Waals surface area (Å²) in [7, 11) is 2.13. The molecule has 1 atom stereocenters. The molecule has 1 aromatic rings. The Labute approximate surface area is 118 Å². The molecular formula is C16H29N3. The normalized spacial score (nSPS) is 12.8. The summed E-state index contributed by atoms with van der Waals surface area (Å²) in [5.41, 5.74) is 2.41. The molecule has 1 heterocycles. The molecular weight excluding hydrogens is 234 g/mol. The van der Waals surface area contributed by atoms with Crippen LogP contribution in [0.2, 0.25) is 0 Å². The monoisotopic (exact) mass is 263 g/mol. The van der Waals surface area contributed by atoms with Crippen LogP contribution in [0.1, 0.15) is 51.8 Å². The zero-order valence-electron chi connectivity index (χ0n) is 13.3. The summed E-state index contributed by atoms with van der Waals surface area (Å²) in [6.45, 7) is 11.8. The van der Waals surface area contributed by atoms with Gasteiger partial charge in [0.25, 0.3) is 0 Å². The fourth-order valence-electron chi connectivity index (χ4n) is 2.11. The highest BCUT2D eigenvalue weighted by Crippen LogP contribution is 2.17. The highest BCUT2D eigenvalue weighted by atomic mass is 15.2. The molecule has 0 aliphatic carbocycles. The van der Waals surface area contributed by atoms with Gasteiger partial charge in [0, 0.05) is 31.4 Å². The quantitative estimate of drug-likeness (QED) is 0.816. The van der Waals surface area contributed by atoms with E-state index in [1.54, 1.807) is 0 Å². The summed E-state index contributed by atoms with van der Waals surface area (Å²) in [5, 5.41) is 3.44. The fraction of sp³-hybridized carbons (Fsp3) is 0.688. The van der Waals surface area contributed by atoms with Crippen LogP contribution in [0.3, 0.4) is 0 Å². The van der Waals surface area contributed by atoms with Crippen LogP contribution in [-0.4, -0.2) is 24.1 Å². The van der Waals surface area contributed by atoms with E-state index in [-0.39, 0.29) is 0 Å². The molecule has 0 fully saturated rings. The molecule has 1 unspecified atom stereocenters. The number of hydrogen-bond acceptors (Lipinski definition) is 3. The van der Waals surface area contributed by atoms with Crippen molar-refractivity contribution < 1.29 is 0 Å². The minimum Gasteiger partial charge on any atom is -0.357 e. The third kappa shape index (κ3) is 4.83. The number of anilines is 1. The lowest BCUT2D eigenvalue weighted by atomic mass is 10.1. The van der Waals surface area contributed by atoms with E-state index in [0.29, 0.717) is 12.1 Å². The van der Waals surface area contributed by atoms with Gasteiger partial charge in [-0.2, -0.15) is 0 Å². The van der Waals surface area contributed by atoms with Gasteiger partial charge in [-0.3, -0.25) is 0 Å². The molecule has 0 aromatic carbocycles. The summed E-state index contributed by atoms with van der Waals surface area (Å²) >= 11 is 0. The Morgan fingerprint density at radius 3 is 2.47 bits per heavy atom. The number of aryl methyl sites for hydroxylation is 1. The van der Waals surface area contributed by atoms with E-state index in [9.17, 15) is 0 Å². The predicted octanol–water partition coefficient (Wildman–Crippen LogP) is 3.51. The molecule has 0 amide bonds. The molecule has 0 spiro atoms. The van der Waals surface area contributed by atoms with Crippen LogP contribution >= 0.6 is 0 Å². The summed E-state index contributed by atoms with van der Waals surface area (Å²) < 4.78 is 0. The average molecular weight is 263 g/mol. The molecule has 0 aliphatic rings. The second-order valence-electron chi connectivity index (χ2n) is 5.70. The topological polar surface area (TPSA) is 28.2 Å². The summed E-state index contributed by atoms with van der Waals surface area (Å²) in [6, 6.07) is 5.38. The van der Waals surface area contributed by atoms with E-state index in [1.165, 1.54) is 18.4 Å². The molecule has 1 N–H and O–H groups in total. The molecule has 1 rings (SSSR count). The van der Waals surface area contributed by atoms with Crippen LogP contribution in [0.5, 0.6) is 0 Å². The number of aromatic nitrogens is 1. The Morgan fingerprint density at radius 2 is 1.95 bits per heavy atom. The standard InChI is InChI=1S/C16H29N3/c1-7-8-13(4)19(6)16-10-9-15(14(5)18-16)11-17-12(2)3/h9-10,12-13,17H,7-8,11H2,1-6H3. The molecule has 0 bridgehead atoms. The van der Waals surface area contributed by atoms with Crippen LogP contribution in [-0.2, 0) is 6.54 Å². The van der Waals surface area contributed by atoms with Crippen molar-refractivity contribution in [3.8, 4) is 0 Å². The van der Waals surface area contributed by atoms with Crippen LogP contribution in [0, 0.1) is 6.92 Å². The van der Waals surface area contributed by atoms with Crippen molar-refractivity contribution in [3.63, 3.8) is 0 Å². The second-order valence-corrected chi connectivity index (χ2v) is 5.70. The Morgan fingerprint density at radius 1 is 1.26 bits per heavy atom. The minimum absolute atomic E-state index is 0.506. The fourth-order valence-corrected chi connectivity index (χ4v) is 2.11. The predicted molar refractivity (Wildman–Crippen MR) is 83.7 cm³/mol. The van der Waals surface area contributed by atoms with Gasteiger partial charge in [-0.15, -0.1) is 0 Å². The molecule has 0 saturated heterocycles. The van der Waals surface area contributed by atoms with Gasteiger partial charge in [-0.25, -0.2) is 4.98 Å². The maximum Gasteiger partial charge on any atom is 0.128 e. The summed E-state index contributed by atoms with van der Waals surface area (Å²) in [4.78, 5) is 7.01. The van der Waals surface area contributed by atoms with Gasteiger partial charge in [-0.1, -0.05) is 33.3 Å². The molecule has 19 heavy (non-hydrogen) atoms. The van der Waals surface area contributed by atoms with Crippen molar-refractivity contribution in [3.05, 3.63) is 23.4 Å². The third-order valence-corrected chi connectivity index (χ3v) is 3.61. The first-order valence-corrected chi connectivity index (χ1v) is 7.38. The van der Waals surface area contributed by atoms with Gasteiger partial charge in [0.05, 0.1) is 0 Å². The van der Waals surface area contributed by atoms with Crippen molar-refractivity contribution in [2.24, 2.45) is 0 Å². The van der Waals surface area contributed by atoms with Gasteiger partial charge in [0.1, 0.15) is 5.82 Å². The zero-order valence-corrected chi connectivity index (χ0v) is 13.3. The maximum atomic E-state index is 4.74. The number of rotatable bonds is 7. The smallest absolute Gasteiger partial charge is 0.128 e. The van der Waals surface area contributed by atoms with Crippen molar-refractivity contribution in [1.82, 2.24) is 10.3 Å². The lowest BCUT2D eigenvalue weighted by Crippen LogP contribution is -2.29.